The largest absolute Gasteiger partial charge is 0.368 e. The molecule has 0 radical (unpaired) electrons. The maximum Gasteiger partial charge on any atom is 0.268 e. The monoisotopic (exact) mass is 492 g/mol. The molecule has 0 aliphatic carbocycles. The number of rotatable bonds is 6. The molecule has 34 heavy (non-hydrogen) atoms. The summed E-state index contributed by atoms with van der Waals surface area (Å²) in [6.07, 6.45) is 0.796. The van der Waals surface area contributed by atoms with Crippen molar-refractivity contribution in [1.82, 2.24) is 14.5 Å². The Labute approximate surface area is 208 Å². The Morgan fingerprint density at radius 3 is 2.41 bits per heavy atom. The van der Waals surface area contributed by atoms with E-state index in [9.17, 15) is 9.59 Å². The number of nitrogens with zero attached hydrogens (tertiary/aromatic N) is 4. The zero-order chi connectivity index (χ0) is 23.5. The van der Waals surface area contributed by atoms with Crippen molar-refractivity contribution in [1.29, 1.82) is 0 Å². The summed E-state index contributed by atoms with van der Waals surface area (Å²) in [6, 6.07) is 20.3. The highest BCUT2D eigenvalue weighted by atomic mass is 32.2. The second-order valence-electron chi connectivity index (χ2n) is 8.67. The van der Waals surface area contributed by atoms with Gasteiger partial charge in [0, 0.05) is 43.5 Å². The van der Waals surface area contributed by atoms with Crippen LogP contribution in [0.4, 0.5) is 5.69 Å². The quantitative estimate of drug-likeness (QED) is 0.386. The smallest absolute Gasteiger partial charge is 0.268 e. The predicted molar refractivity (Wildman–Crippen MR) is 139 cm³/mol. The van der Waals surface area contributed by atoms with Crippen LogP contribution in [0.2, 0.25) is 0 Å². The van der Waals surface area contributed by atoms with Crippen molar-refractivity contribution in [3.05, 3.63) is 82.3 Å². The van der Waals surface area contributed by atoms with Crippen LogP contribution in [0.3, 0.4) is 0 Å². The van der Waals surface area contributed by atoms with Gasteiger partial charge < -0.3 is 9.80 Å². The second kappa shape index (κ2) is 10.3. The summed E-state index contributed by atoms with van der Waals surface area (Å²) < 4.78 is 1.74. The Bertz CT molecular complexity index is 1210. The number of para-hydroxylation sites is 1. The number of thioether (sulfide) groups is 2. The van der Waals surface area contributed by atoms with Gasteiger partial charge in [0.1, 0.15) is 0 Å². The van der Waals surface area contributed by atoms with Crippen molar-refractivity contribution in [2.75, 3.05) is 36.8 Å². The van der Waals surface area contributed by atoms with Gasteiger partial charge in [-0.25, -0.2) is 4.98 Å². The highest BCUT2D eigenvalue weighted by Gasteiger charge is 2.27. The van der Waals surface area contributed by atoms with Crippen molar-refractivity contribution in [3.63, 3.8) is 0 Å². The molecule has 176 valence electrons. The molecule has 1 amide bonds. The van der Waals surface area contributed by atoms with E-state index in [0.29, 0.717) is 30.0 Å². The van der Waals surface area contributed by atoms with E-state index in [1.807, 2.05) is 53.4 Å². The number of anilines is 1. The van der Waals surface area contributed by atoms with E-state index in [4.69, 9.17) is 4.98 Å². The zero-order valence-electron chi connectivity index (χ0n) is 19.2. The topological polar surface area (TPSA) is 58.4 Å². The van der Waals surface area contributed by atoms with Gasteiger partial charge >= 0.3 is 0 Å². The van der Waals surface area contributed by atoms with Gasteiger partial charge in [0.2, 0.25) is 5.91 Å². The summed E-state index contributed by atoms with van der Waals surface area (Å²) in [5.74, 6) is 0.384. The molecule has 0 bridgehead atoms. The van der Waals surface area contributed by atoms with E-state index in [0.717, 1.165) is 35.7 Å². The van der Waals surface area contributed by atoms with Gasteiger partial charge in [0.15, 0.2) is 5.16 Å². The number of carbonyl (C=O) groups excluding carboxylic acids is 1. The average Bonchev–Trinajstić information content (AvgIpc) is 3.26. The number of benzene rings is 2. The Hall–Kier alpha value is -2.71. The lowest BCUT2D eigenvalue weighted by molar-refractivity contribution is -0.128. The van der Waals surface area contributed by atoms with E-state index in [-0.39, 0.29) is 17.2 Å². The van der Waals surface area contributed by atoms with Crippen LogP contribution in [0.5, 0.6) is 0 Å². The summed E-state index contributed by atoms with van der Waals surface area (Å²) in [5, 5.41) is 0.988. The highest BCUT2D eigenvalue weighted by Crippen LogP contribution is 2.34. The van der Waals surface area contributed by atoms with Gasteiger partial charge in [-0.1, -0.05) is 67.2 Å². The first-order chi connectivity index (χ1) is 16.6. The van der Waals surface area contributed by atoms with E-state index in [2.05, 4.69) is 24.0 Å². The molecule has 1 unspecified atom stereocenters. The maximum absolute atomic E-state index is 13.3. The molecule has 3 heterocycles. The number of aromatic nitrogens is 2. The lowest BCUT2D eigenvalue weighted by Gasteiger charge is -2.36. The van der Waals surface area contributed by atoms with E-state index < -0.39 is 0 Å². The predicted octanol–water partition coefficient (Wildman–Crippen LogP) is 3.77. The SMILES string of the molecule is CC1Cc2nc(SCC(=O)N3CCN(c4ccccc4)CC3)n(Cc3ccccc3)c(=O)c2S1. The van der Waals surface area contributed by atoms with Crippen molar-refractivity contribution in [2.45, 2.75) is 35.2 Å². The average molecular weight is 493 g/mol. The number of hydrogen-bond donors (Lipinski definition) is 0. The molecule has 6 nitrogen and oxygen atoms in total. The van der Waals surface area contributed by atoms with Crippen molar-refractivity contribution < 1.29 is 4.79 Å². The first kappa shape index (κ1) is 23.1. The number of fused-ring (bicyclic) bond motifs is 1. The molecule has 5 rings (SSSR count). The fraction of sp³-hybridized carbons (Fsp3) is 0.346. The minimum atomic E-state index is 0.00891. The molecule has 1 fully saturated rings. The lowest BCUT2D eigenvalue weighted by Crippen LogP contribution is -2.49. The van der Waals surface area contributed by atoms with Gasteiger partial charge in [-0.3, -0.25) is 14.2 Å². The summed E-state index contributed by atoms with van der Waals surface area (Å²) in [4.78, 5) is 36.2. The van der Waals surface area contributed by atoms with Gasteiger partial charge in [-0.15, -0.1) is 11.8 Å². The third-order valence-corrected chi connectivity index (χ3v) is 8.40. The normalized spacial score (nSPS) is 17.6. The van der Waals surface area contributed by atoms with Gasteiger partial charge in [-0.2, -0.15) is 0 Å². The molecule has 1 atom stereocenters. The third-order valence-electron chi connectivity index (χ3n) is 6.22. The number of amides is 1. The Balaban J connectivity index is 1.28. The van der Waals surface area contributed by atoms with Crippen molar-refractivity contribution in [2.24, 2.45) is 0 Å². The molecular weight excluding hydrogens is 464 g/mol. The third kappa shape index (κ3) is 5.03. The molecule has 0 saturated carbocycles. The van der Waals surface area contributed by atoms with Gasteiger partial charge in [0.25, 0.3) is 5.56 Å². The van der Waals surface area contributed by atoms with Crippen LogP contribution in [-0.4, -0.2) is 57.5 Å². The zero-order valence-corrected chi connectivity index (χ0v) is 20.9. The minimum Gasteiger partial charge on any atom is -0.368 e. The minimum absolute atomic E-state index is 0.00891. The second-order valence-corrected chi connectivity index (χ2v) is 11.1. The van der Waals surface area contributed by atoms with E-state index in [1.54, 1.807) is 16.3 Å². The fourth-order valence-corrected chi connectivity index (χ4v) is 6.45. The van der Waals surface area contributed by atoms with Crippen LogP contribution >= 0.6 is 23.5 Å². The highest BCUT2D eigenvalue weighted by molar-refractivity contribution is 8.00. The summed E-state index contributed by atoms with van der Waals surface area (Å²) in [7, 11) is 0. The molecule has 3 aromatic rings. The Kier molecular flexibility index (Phi) is 6.97. The lowest BCUT2D eigenvalue weighted by atomic mass is 10.2. The molecule has 8 heteroatoms. The standard InChI is InChI=1S/C26H28N4O2S2/c1-19-16-22-24(34-19)25(32)30(17-20-8-4-2-5-9-20)26(27-22)33-18-23(31)29-14-12-28(13-15-29)21-10-6-3-7-11-21/h2-11,19H,12-18H2,1H3. The summed E-state index contributed by atoms with van der Waals surface area (Å²) >= 11 is 3.00. The summed E-state index contributed by atoms with van der Waals surface area (Å²) in [5.41, 5.74) is 3.13. The molecule has 2 aliphatic heterocycles. The van der Waals surface area contributed by atoms with Crippen LogP contribution in [0.1, 0.15) is 18.2 Å². The maximum atomic E-state index is 13.3. The van der Waals surface area contributed by atoms with Crippen molar-refractivity contribution >= 4 is 35.1 Å². The molecule has 0 N–H and O–H groups in total. The van der Waals surface area contributed by atoms with Crippen LogP contribution in [0, 0.1) is 0 Å². The number of piperazine rings is 1. The molecule has 2 aliphatic rings. The fourth-order valence-electron chi connectivity index (χ4n) is 4.42. The van der Waals surface area contributed by atoms with Crippen LogP contribution in [0.15, 0.2) is 75.5 Å². The van der Waals surface area contributed by atoms with E-state index >= 15 is 0 Å². The molecular formula is C26H28N4O2S2. The molecule has 2 aromatic carbocycles. The number of carbonyl (C=O) groups is 1. The summed E-state index contributed by atoms with van der Waals surface area (Å²) in [6.45, 7) is 5.64. The number of hydrogen-bond acceptors (Lipinski definition) is 6. The van der Waals surface area contributed by atoms with Gasteiger partial charge in [0.05, 0.1) is 22.9 Å². The van der Waals surface area contributed by atoms with Gasteiger partial charge in [-0.05, 0) is 17.7 Å². The first-order valence-electron chi connectivity index (χ1n) is 11.6. The Morgan fingerprint density at radius 1 is 1.03 bits per heavy atom. The van der Waals surface area contributed by atoms with Crippen LogP contribution < -0.4 is 10.5 Å². The van der Waals surface area contributed by atoms with E-state index in [1.165, 1.54) is 17.4 Å². The first-order valence-corrected chi connectivity index (χ1v) is 13.5. The van der Waals surface area contributed by atoms with Crippen LogP contribution in [0.25, 0.3) is 0 Å². The van der Waals surface area contributed by atoms with Crippen molar-refractivity contribution in [3.8, 4) is 0 Å². The Morgan fingerprint density at radius 2 is 1.71 bits per heavy atom. The molecule has 1 aromatic heterocycles. The van der Waals surface area contributed by atoms with Crippen LogP contribution in [-0.2, 0) is 17.8 Å². The molecule has 0 spiro atoms. The molecule has 1 saturated heterocycles.